The van der Waals surface area contributed by atoms with Gasteiger partial charge in [-0.25, -0.2) is 0 Å². The summed E-state index contributed by atoms with van der Waals surface area (Å²) in [7, 11) is 0. The van der Waals surface area contributed by atoms with Crippen LogP contribution < -0.4 is 10.1 Å². The van der Waals surface area contributed by atoms with E-state index in [1.807, 2.05) is 6.07 Å². The molecule has 0 saturated heterocycles. The minimum absolute atomic E-state index is 0.711. The van der Waals surface area contributed by atoms with Gasteiger partial charge in [0.2, 0.25) is 0 Å². The molecule has 1 aromatic rings. The third-order valence-corrected chi connectivity index (χ3v) is 3.82. The van der Waals surface area contributed by atoms with E-state index in [0.29, 0.717) is 6.04 Å². The topological polar surface area (TPSA) is 21.3 Å². The largest absolute Gasteiger partial charge is 0.494 e. The van der Waals surface area contributed by atoms with Gasteiger partial charge in [0.05, 0.1) is 6.61 Å². The van der Waals surface area contributed by atoms with Crippen LogP contribution in [0.25, 0.3) is 0 Å². The molecule has 1 N–H and O–H groups in total. The Morgan fingerprint density at radius 1 is 1.16 bits per heavy atom. The van der Waals surface area contributed by atoms with E-state index in [-0.39, 0.29) is 0 Å². The molecular formula is C17H27NO. The van der Waals surface area contributed by atoms with E-state index in [0.717, 1.165) is 25.3 Å². The Hall–Kier alpha value is -1.02. The van der Waals surface area contributed by atoms with E-state index in [1.165, 1.54) is 44.1 Å². The molecule has 1 aliphatic rings. The first-order valence-corrected chi connectivity index (χ1v) is 7.83. The van der Waals surface area contributed by atoms with Crippen LogP contribution in [-0.2, 0) is 6.54 Å². The van der Waals surface area contributed by atoms with Crippen molar-refractivity contribution < 1.29 is 4.74 Å². The molecule has 2 heteroatoms. The van der Waals surface area contributed by atoms with Crippen LogP contribution in [-0.4, -0.2) is 12.6 Å². The summed E-state index contributed by atoms with van der Waals surface area (Å²) in [4.78, 5) is 0. The van der Waals surface area contributed by atoms with Gasteiger partial charge in [-0.1, -0.05) is 44.7 Å². The van der Waals surface area contributed by atoms with Gasteiger partial charge in [0.15, 0.2) is 0 Å². The lowest BCUT2D eigenvalue weighted by Gasteiger charge is -2.16. The van der Waals surface area contributed by atoms with Crippen molar-refractivity contribution >= 4 is 0 Å². The highest BCUT2D eigenvalue weighted by atomic mass is 16.5. The van der Waals surface area contributed by atoms with Crippen LogP contribution in [0.3, 0.4) is 0 Å². The fraction of sp³-hybridized carbons (Fsp3) is 0.647. The Morgan fingerprint density at radius 3 is 2.68 bits per heavy atom. The minimum atomic E-state index is 0.711. The van der Waals surface area contributed by atoms with E-state index in [9.17, 15) is 0 Å². The molecule has 0 aliphatic heterocycles. The van der Waals surface area contributed by atoms with E-state index in [4.69, 9.17) is 4.74 Å². The number of ether oxygens (including phenoxy) is 1. The first kappa shape index (κ1) is 14.4. The monoisotopic (exact) mass is 261 g/mol. The van der Waals surface area contributed by atoms with E-state index < -0.39 is 0 Å². The maximum Gasteiger partial charge on any atom is 0.119 e. The van der Waals surface area contributed by atoms with Gasteiger partial charge in [-0.05, 0) is 37.0 Å². The summed E-state index contributed by atoms with van der Waals surface area (Å²) in [6.07, 6.45) is 9.34. The van der Waals surface area contributed by atoms with Crippen molar-refractivity contribution in [2.45, 2.75) is 64.5 Å². The van der Waals surface area contributed by atoms with Crippen molar-refractivity contribution in [1.82, 2.24) is 5.32 Å². The molecule has 0 radical (unpaired) electrons. The second-order valence-corrected chi connectivity index (χ2v) is 5.57. The molecule has 0 aromatic heterocycles. The van der Waals surface area contributed by atoms with Gasteiger partial charge >= 0.3 is 0 Å². The Labute approximate surface area is 117 Å². The standard InChI is InChI=1S/C17H27NO/c1-2-12-19-17-11-7-8-15(13-17)14-18-16-9-5-3-4-6-10-16/h7-8,11,13,16,18H,2-6,9-10,12,14H2,1H3. The van der Waals surface area contributed by atoms with Gasteiger partial charge in [0, 0.05) is 12.6 Å². The molecule has 2 rings (SSSR count). The zero-order valence-electron chi connectivity index (χ0n) is 12.2. The molecule has 0 spiro atoms. The molecule has 1 aliphatic carbocycles. The Bertz CT molecular complexity index is 356. The predicted octanol–water partition coefficient (Wildman–Crippen LogP) is 4.29. The summed E-state index contributed by atoms with van der Waals surface area (Å²) in [5.74, 6) is 1.00. The fourth-order valence-electron chi connectivity index (χ4n) is 2.71. The highest BCUT2D eigenvalue weighted by molar-refractivity contribution is 5.28. The molecule has 0 unspecified atom stereocenters. The molecular weight excluding hydrogens is 234 g/mol. The van der Waals surface area contributed by atoms with Crippen LogP contribution in [0.15, 0.2) is 24.3 Å². The average Bonchev–Trinajstić information content (AvgIpc) is 2.72. The van der Waals surface area contributed by atoms with E-state index in [2.05, 4.69) is 30.4 Å². The zero-order valence-corrected chi connectivity index (χ0v) is 12.2. The number of hydrogen-bond donors (Lipinski definition) is 1. The molecule has 1 aromatic carbocycles. The van der Waals surface area contributed by atoms with Crippen molar-refractivity contribution in [3.63, 3.8) is 0 Å². The number of benzene rings is 1. The fourth-order valence-corrected chi connectivity index (χ4v) is 2.71. The van der Waals surface area contributed by atoms with Crippen LogP contribution >= 0.6 is 0 Å². The highest BCUT2D eigenvalue weighted by Crippen LogP contribution is 2.18. The zero-order chi connectivity index (χ0) is 13.3. The quantitative estimate of drug-likeness (QED) is 0.771. The summed E-state index contributed by atoms with van der Waals surface area (Å²) in [6, 6.07) is 9.20. The maximum absolute atomic E-state index is 5.68. The van der Waals surface area contributed by atoms with Crippen molar-refractivity contribution in [3.8, 4) is 5.75 Å². The SMILES string of the molecule is CCCOc1cccc(CNC2CCCCCC2)c1. The van der Waals surface area contributed by atoms with Gasteiger partial charge in [0.25, 0.3) is 0 Å². The molecule has 106 valence electrons. The molecule has 19 heavy (non-hydrogen) atoms. The van der Waals surface area contributed by atoms with Gasteiger partial charge in [-0.15, -0.1) is 0 Å². The molecule has 0 bridgehead atoms. The summed E-state index contributed by atoms with van der Waals surface area (Å²) in [6.45, 7) is 3.91. The molecule has 1 saturated carbocycles. The molecule has 0 heterocycles. The van der Waals surface area contributed by atoms with E-state index >= 15 is 0 Å². The van der Waals surface area contributed by atoms with Crippen LogP contribution in [0.4, 0.5) is 0 Å². The van der Waals surface area contributed by atoms with Crippen LogP contribution in [0, 0.1) is 0 Å². The smallest absolute Gasteiger partial charge is 0.119 e. The molecule has 0 atom stereocenters. The first-order chi connectivity index (χ1) is 9.38. The van der Waals surface area contributed by atoms with Crippen molar-refractivity contribution in [2.24, 2.45) is 0 Å². The molecule has 2 nitrogen and oxygen atoms in total. The Morgan fingerprint density at radius 2 is 1.95 bits per heavy atom. The summed E-state index contributed by atoms with van der Waals surface area (Å²) in [5, 5.41) is 3.71. The van der Waals surface area contributed by atoms with Crippen LogP contribution in [0.1, 0.15) is 57.4 Å². The Kier molecular flexibility index (Phi) is 6.22. The number of nitrogens with one attached hydrogen (secondary N) is 1. The van der Waals surface area contributed by atoms with Crippen molar-refractivity contribution in [3.05, 3.63) is 29.8 Å². The molecule has 0 amide bonds. The maximum atomic E-state index is 5.68. The lowest BCUT2D eigenvalue weighted by molar-refractivity contribution is 0.317. The van der Waals surface area contributed by atoms with Gasteiger partial charge < -0.3 is 10.1 Å². The second-order valence-electron chi connectivity index (χ2n) is 5.57. The van der Waals surface area contributed by atoms with Gasteiger partial charge in [0.1, 0.15) is 5.75 Å². The second kappa shape index (κ2) is 8.21. The lowest BCUT2D eigenvalue weighted by Crippen LogP contribution is -2.27. The summed E-state index contributed by atoms with van der Waals surface area (Å²) >= 11 is 0. The van der Waals surface area contributed by atoms with Crippen LogP contribution in [0.5, 0.6) is 5.75 Å². The lowest BCUT2D eigenvalue weighted by atomic mass is 10.1. The van der Waals surface area contributed by atoms with E-state index in [1.54, 1.807) is 0 Å². The van der Waals surface area contributed by atoms with Gasteiger partial charge in [-0.2, -0.15) is 0 Å². The first-order valence-electron chi connectivity index (χ1n) is 7.83. The Balaban J connectivity index is 1.81. The number of hydrogen-bond acceptors (Lipinski definition) is 2. The molecule has 1 fully saturated rings. The summed E-state index contributed by atoms with van der Waals surface area (Å²) < 4.78 is 5.68. The van der Waals surface area contributed by atoms with Crippen molar-refractivity contribution in [1.29, 1.82) is 0 Å². The minimum Gasteiger partial charge on any atom is -0.494 e. The normalized spacial score (nSPS) is 17.1. The van der Waals surface area contributed by atoms with Gasteiger partial charge in [-0.3, -0.25) is 0 Å². The van der Waals surface area contributed by atoms with Crippen molar-refractivity contribution in [2.75, 3.05) is 6.61 Å². The predicted molar refractivity (Wildman–Crippen MR) is 80.6 cm³/mol. The highest BCUT2D eigenvalue weighted by Gasteiger charge is 2.11. The number of rotatable bonds is 6. The summed E-state index contributed by atoms with van der Waals surface area (Å²) in [5.41, 5.74) is 1.33. The third-order valence-electron chi connectivity index (χ3n) is 3.82. The average molecular weight is 261 g/mol. The van der Waals surface area contributed by atoms with Crippen LogP contribution in [0.2, 0.25) is 0 Å². The third kappa shape index (κ3) is 5.23.